The van der Waals surface area contributed by atoms with Gasteiger partial charge in [-0.15, -0.1) is 4.91 Å². The Kier molecular flexibility index (Phi) is 6.86. The molecular formula is C8H14N2O5. The number of hydrogen-bond acceptors (Lipinski definition) is 6. The van der Waals surface area contributed by atoms with Crippen LogP contribution in [0.1, 0.15) is 12.8 Å². The highest BCUT2D eigenvalue weighted by Crippen LogP contribution is 1.97. The van der Waals surface area contributed by atoms with E-state index in [0.717, 1.165) is 5.01 Å². The predicted octanol–water partition coefficient (Wildman–Crippen LogP) is 0.0960. The second-order valence-corrected chi connectivity index (χ2v) is 2.69. The second-order valence-electron chi connectivity index (χ2n) is 2.69. The number of esters is 2. The summed E-state index contributed by atoms with van der Waals surface area (Å²) in [6.45, 7) is 0.264. The minimum absolute atomic E-state index is 0.0589. The molecule has 0 amide bonds. The number of carbonyl (C=O) groups excluding carboxylic acids is 2. The van der Waals surface area contributed by atoms with E-state index in [1.54, 1.807) is 0 Å². The fraction of sp³-hybridized carbons (Fsp3) is 0.750. The van der Waals surface area contributed by atoms with Gasteiger partial charge in [0.15, 0.2) is 0 Å². The number of hydrogen-bond donors (Lipinski definition) is 0. The van der Waals surface area contributed by atoms with Crippen LogP contribution in [-0.2, 0) is 19.1 Å². The molecule has 0 fully saturated rings. The van der Waals surface area contributed by atoms with Crippen LogP contribution in [-0.4, -0.2) is 44.3 Å². The lowest BCUT2D eigenvalue weighted by atomic mass is 10.4. The summed E-state index contributed by atoms with van der Waals surface area (Å²) in [4.78, 5) is 31.8. The summed E-state index contributed by atoms with van der Waals surface area (Å²) in [6.07, 6.45) is 0.118. The summed E-state index contributed by atoms with van der Waals surface area (Å²) in [5.74, 6) is -0.858. The molecule has 0 aromatic heterocycles. The number of nitrogens with zero attached hydrogens (tertiary/aromatic N) is 2. The van der Waals surface area contributed by atoms with Gasteiger partial charge in [0.25, 0.3) is 0 Å². The van der Waals surface area contributed by atoms with Gasteiger partial charge in [-0.1, -0.05) is 0 Å². The molecule has 0 radical (unpaired) electrons. The molecule has 7 heteroatoms. The second kappa shape index (κ2) is 7.72. The molecule has 0 atom stereocenters. The zero-order chi connectivity index (χ0) is 11.7. The van der Waals surface area contributed by atoms with Crippen LogP contribution in [0.25, 0.3) is 0 Å². The Balaban J connectivity index is 3.78. The molecule has 0 N–H and O–H groups in total. The first kappa shape index (κ1) is 13.3. The number of rotatable bonds is 7. The summed E-state index contributed by atoms with van der Waals surface area (Å²) < 4.78 is 8.78. The van der Waals surface area contributed by atoms with E-state index in [9.17, 15) is 14.5 Å². The van der Waals surface area contributed by atoms with Crippen molar-refractivity contribution in [3.63, 3.8) is 0 Å². The molecule has 0 rings (SSSR count). The number of methoxy groups -OCH3 is 2. The van der Waals surface area contributed by atoms with Gasteiger partial charge in [0, 0.05) is 13.1 Å². The Hall–Kier alpha value is -1.66. The van der Waals surface area contributed by atoms with E-state index in [1.807, 2.05) is 0 Å². The van der Waals surface area contributed by atoms with Gasteiger partial charge in [0.05, 0.1) is 32.3 Å². The first-order valence-corrected chi connectivity index (χ1v) is 4.36. The van der Waals surface area contributed by atoms with Crippen molar-refractivity contribution in [1.29, 1.82) is 0 Å². The summed E-state index contributed by atoms with van der Waals surface area (Å²) >= 11 is 0. The van der Waals surface area contributed by atoms with E-state index in [0.29, 0.717) is 0 Å². The molecule has 86 valence electrons. The van der Waals surface area contributed by atoms with Gasteiger partial charge in [0.2, 0.25) is 0 Å². The third kappa shape index (κ3) is 6.42. The van der Waals surface area contributed by atoms with Gasteiger partial charge in [-0.2, -0.15) is 0 Å². The van der Waals surface area contributed by atoms with Gasteiger partial charge < -0.3 is 9.47 Å². The molecule has 0 heterocycles. The molecule has 0 bridgehead atoms. The molecule has 0 spiro atoms. The van der Waals surface area contributed by atoms with E-state index in [1.165, 1.54) is 14.2 Å². The molecule has 0 aliphatic heterocycles. The van der Waals surface area contributed by atoms with Gasteiger partial charge in [-0.05, 0) is 0 Å². The fourth-order valence-electron chi connectivity index (χ4n) is 0.838. The fourth-order valence-corrected chi connectivity index (χ4v) is 0.838. The molecule has 0 saturated heterocycles. The van der Waals surface area contributed by atoms with E-state index < -0.39 is 11.9 Å². The van der Waals surface area contributed by atoms with Crippen molar-refractivity contribution in [2.45, 2.75) is 12.8 Å². The van der Waals surface area contributed by atoms with Gasteiger partial charge in [-0.25, -0.2) is 0 Å². The number of ether oxygens (including phenoxy) is 2. The van der Waals surface area contributed by atoms with Crippen LogP contribution in [0.5, 0.6) is 0 Å². The molecule has 7 nitrogen and oxygen atoms in total. The average molecular weight is 218 g/mol. The summed E-state index contributed by atoms with van der Waals surface area (Å²) in [6, 6.07) is 0. The quantitative estimate of drug-likeness (QED) is 0.342. The number of nitroso groups, excluding NO2 is 1. The van der Waals surface area contributed by atoms with Crippen LogP contribution >= 0.6 is 0 Å². The normalized spacial score (nSPS) is 9.20. The standard InChI is InChI=1S/C8H14N2O5/c1-14-7(11)3-5-10(9-13)6-4-8(12)15-2/h3-6H2,1-2H3. The monoisotopic (exact) mass is 218 g/mol. The lowest BCUT2D eigenvalue weighted by molar-refractivity contribution is -0.141. The molecule has 0 saturated carbocycles. The largest absolute Gasteiger partial charge is 0.469 e. The molecule has 0 unspecified atom stereocenters. The van der Waals surface area contributed by atoms with Crippen LogP contribution in [0.15, 0.2) is 5.29 Å². The van der Waals surface area contributed by atoms with Crippen molar-refractivity contribution < 1.29 is 19.1 Å². The first-order valence-electron chi connectivity index (χ1n) is 4.36. The van der Waals surface area contributed by atoms with E-state index >= 15 is 0 Å². The average Bonchev–Trinajstić information content (AvgIpc) is 2.28. The van der Waals surface area contributed by atoms with Crippen LogP contribution < -0.4 is 0 Å². The van der Waals surface area contributed by atoms with Crippen molar-refractivity contribution in [1.82, 2.24) is 5.01 Å². The summed E-state index contributed by atoms with van der Waals surface area (Å²) in [7, 11) is 2.52. The Morgan fingerprint density at radius 1 is 1.07 bits per heavy atom. The Morgan fingerprint density at radius 2 is 1.47 bits per heavy atom. The number of carbonyl (C=O) groups is 2. The van der Waals surface area contributed by atoms with Crippen molar-refractivity contribution in [2.75, 3.05) is 27.3 Å². The van der Waals surface area contributed by atoms with Crippen LogP contribution in [0.3, 0.4) is 0 Å². The van der Waals surface area contributed by atoms with Crippen LogP contribution in [0.2, 0.25) is 0 Å². The highest BCUT2D eigenvalue weighted by molar-refractivity contribution is 5.70. The lowest BCUT2D eigenvalue weighted by Gasteiger charge is -2.13. The topological polar surface area (TPSA) is 85.3 Å². The van der Waals surface area contributed by atoms with Crippen molar-refractivity contribution in [3.8, 4) is 0 Å². The van der Waals surface area contributed by atoms with Gasteiger partial charge >= 0.3 is 11.9 Å². The maximum atomic E-state index is 10.7. The third-order valence-electron chi connectivity index (χ3n) is 1.72. The van der Waals surface area contributed by atoms with E-state index in [-0.39, 0.29) is 25.9 Å². The zero-order valence-electron chi connectivity index (χ0n) is 8.76. The van der Waals surface area contributed by atoms with Crippen LogP contribution in [0, 0.1) is 4.91 Å². The first-order chi connectivity index (χ1) is 7.13. The lowest BCUT2D eigenvalue weighted by Crippen LogP contribution is -2.24. The molecular weight excluding hydrogens is 204 g/mol. The Bertz CT molecular complexity index is 211. The van der Waals surface area contributed by atoms with Gasteiger partial charge in [-0.3, -0.25) is 14.6 Å². The summed E-state index contributed by atoms with van der Waals surface area (Å²) in [5, 5.41) is 3.75. The summed E-state index contributed by atoms with van der Waals surface area (Å²) in [5.41, 5.74) is 0. The smallest absolute Gasteiger partial charge is 0.307 e. The van der Waals surface area contributed by atoms with Crippen LogP contribution in [0.4, 0.5) is 0 Å². The van der Waals surface area contributed by atoms with Crippen molar-refractivity contribution >= 4 is 11.9 Å². The zero-order valence-corrected chi connectivity index (χ0v) is 8.76. The Morgan fingerprint density at radius 3 is 1.73 bits per heavy atom. The van der Waals surface area contributed by atoms with E-state index in [2.05, 4.69) is 14.8 Å². The van der Waals surface area contributed by atoms with Crippen molar-refractivity contribution in [3.05, 3.63) is 4.91 Å². The maximum Gasteiger partial charge on any atom is 0.307 e. The third-order valence-corrected chi connectivity index (χ3v) is 1.72. The molecule has 15 heavy (non-hydrogen) atoms. The predicted molar refractivity (Wildman–Crippen MR) is 50.6 cm³/mol. The molecule has 0 aromatic rings. The van der Waals surface area contributed by atoms with Crippen molar-refractivity contribution in [2.24, 2.45) is 5.29 Å². The Labute approximate surface area is 87.3 Å². The minimum atomic E-state index is -0.429. The van der Waals surface area contributed by atoms with E-state index in [4.69, 9.17) is 0 Å². The maximum absolute atomic E-state index is 10.7. The highest BCUT2D eigenvalue weighted by Gasteiger charge is 2.09. The molecule has 0 aliphatic rings. The highest BCUT2D eigenvalue weighted by atomic mass is 16.5. The molecule has 0 aliphatic carbocycles. The minimum Gasteiger partial charge on any atom is -0.469 e. The SMILES string of the molecule is COC(=O)CCN(CCC(=O)OC)N=O. The van der Waals surface area contributed by atoms with Gasteiger partial charge in [0.1, 0.15) is 0 Å². The molecule has 0 aromatic carbocycles.